The molecule has 0 spiro atoms. The van der Waals surface area contributed by atoms with Gasteiger partial charge < -0.3 is 14.4 Å². The number of nitrogens with zero attached hydrogens (tertiary/aromatic N) is 3. The minimum absolute atomic E-state index is 0.0535. The van der Waals surface area contributed by atoms with Crippen LogP contribution in [0.1, 0.15) is 0 Å². The van der Waals surface area contributed by atoms with E-state index in [1.807, 2.05) is 24.3 Å². The molecule has 4 aromatic rings. The van der Waals surface area contributed by atoms with E-state index in [0.717, 1.165) is 10.0 Å². The van der Waals surface area contributed by atoms with Crippen LogP contribution in [0.4, 0.5) is 10.1 Å². The molecular weight excluding hydrogens is 455 g/mol. The Morgan fingerprint density at radius 1 is 1.13 bits per heavy atom. The molecule has 7 nitrogen and oxygen atoms in total. The van der Waals surface area contributed by atoms with Crippen LogP contribution in [0, 0.1) is 5.82 Å². The Bertz CT molecular complexity index is 1270. The number of amides is 1. The quantitative estimate of drug-likeness (QED) is 0.475. The Morgan fingerprint density at radius 3 is 2.70 bits per heavy atom. The first-order valence-electron chi connectivity index (χ1n) is 8.84. The zero-order chi connectivity index (χ0) is 21.1. The smallest absolute Gasteiger partial charge is 0.263 e. The summed E-state index contributed by atoms with van der Waals surface area (Å²) in [6.45, 7) is -0.253. The number of rotatable bonds is 5. The molecular formula is C21H14BrFN4O3. The number of nitrogens with one attached hydrogen (secondary N) is 1. The van der Waals surface area contributed by atoms with E-state index in [2.05, 4.69) is 31.4 Å². The highest BCUT2D eigenvalue weighted by atomic mass is 79.9. The predicted molar refractivity (Wildman–Crippen MR) is 112 cm³/mol. The van der Waals surface area contributed by atoms with Crippen molar-refractivity contribution in [3.05, 3.63) is 87.5 Å². The first-order valence-corrected chi connectivity index (χ1v) is 9.64. The van der Waals surface area contributed by atoms with Gasteiger partial charge in [-0.15, -0.1) is 0 Å². The Labute approximate surface area is 178 Å². The molecule has 1 N–H and O–H groups in total. The Kier molecular flexibility index (Phi) is 5.53. The van der Waals surface area contributed by atoms with Crippen LogP contribution in [0.15, 0.2) is 80.7 Å². The maximum atomic E-state index is 13.3. The summed E-state index contributed by atoms with van der Waals surface area (Å²) in [5.74, 6) is -0.542. The van der Waals surface area contributed by atoms with Gasteiger partial charge in [0.25, 0.3) is 11.4 Å². The van der Waals surface area contributed by atoms with Gasteiger partial charge in [-0.25, -0.2) is 4.39 Å². The third-order valence-corrected chi connectivity index (χ3v) is 4.73. The lowest BCUT2D eigenvalue weighted by Gasteiger charge is -2.08. The summed E-state index contributed by atoms with van der Waals surface area (Å²) < 4.78 is 20.6. The lowest BCUT2D eigenvalue weighted by atomic mass is 10.2. The molecule has 0 saturated heterocycles. The molecule has 0 unspecified atom stereocenters. The first kappa shape index (κ1) is 19.7. The van der Waals surface area contributed by atoms with Crippen molar-refractivity contribution in [3.8, 4) is 22.8 Å². The second kappa shape index (κ2) is 8.42. The highest BCUT2D eigenvalue weighted by molar-refractivity contribution is 9.10. The van der Waals surface area contributed by atoms with E-state index in [4.69, 9.17) is 4.52 Å². The van der Waals surface area contributed by atoms with E-state index in [9.17, 15) is 14.0 Å². The van der Waals surface area contributed by atoms with Gasteiger partial charge in [-0.3, -0.25) is 9.59 Å². The van der Waals surface area contributed by atoms with E-state index in [1.54, 1.807) is 18.2 Å². The van der Waals surface area contributed by atoms with Gasteiger partial charge in [-0.05, 0) is 54.6 Å². The summed E-state index contributed by atoms with van der Waals surface area (Å²) in [7, 11) is 0. The summed E-state index contributed by atoms with van der Waals surface area (Å²) >= 11 is 3.36. The standard InChI is InChI=1S/C21H14BrFN4O3/c22-14-8-6-13(7-9-14)19-25-20(30-26-19)17-5-2-10-27(21(17)29)12-18(28)24-16-4-1-3-15(23)11-16/h1-11H,12H2,(H,24,28). The zero-order valence-corrected chi connectivity index (χ0v) is 17.0. The van der Waals surface area contributed by atoms with Crippen LogP contribution >= 0.6 is 15.9 Å². The molecule has 1 amide bonds. The van der Waals surface area contributed by atoms with Crippen LogP contribution in [0.25, 0.3) is 22.8 Å². The molecule has 0 radical (unpaired) electrons. The molecule has 0 aliphatic heterocycles. The van der Waals surface area contributed by atoms with Crippen LogP contribution in [-0.2, 0) is 11.3 Å². The lowest BCUT2D eigenvalue weighted by Crippen LogP contribution is -2.28. The monoisotopic (exact) mass is 468 g/mol. The van der Waals surface area contributed by atoms with Crippen molar-refractivity contribution in [3.63, 3.8) is 0 Å². The zero-order valence-electron chi connectivity index (χ0n) is 15.4. The first-order chi connectivity index (χ1) is 14.5. The molecule has 30 heavy (non-hydrogen) atoms. The average Bonchev–Trinajstić information content (AvgIpc) is 3.20. The average molecular weight is 469 g/mol. The van der Waals surface area contributed by atoms with E-state index in [-0.39, 0.29) is 18.0 Å². The largest absolute Gasteiger partial charge is 0.333 e. The number of hydrogen-bond donors (Lipinski definition) is 1. The van der Waals surface area contributed by atoms with Crippen molar-refractivity contribution in [2.75, 3.05) is 5.32 Å². The highest BCUT2D eigenvalue weighted by Gasteiger charge is 2.16. The molecule has 0 aliphatic rings. The number of anilines is 1. The Balaban J connectivity index is 1.55. The molecule has 2 heterocycles. The van der Waals surface area contributed by atoms with E-state index in [1.165, 1.54) is 29.0 Å². The third-order valence-electron chi connectivity index (χ3n) is 4.20. The molecule has 2 aromatic carbocycles. The number of carbonyl (C=O) groups is 1. The van der Waals surface area contributed by atoms with Gasteiger partial charge in [0.05, 0.1) is 0 Å². The van der Waals surface area contributed by atoms with Crippen LogP contribution in [0.2, 0.25) is 0 Å². The molecule has 2 aromatic heterocycles. The fraction of sp³-hybridized carbons (Fsp3) is 0.0476. The predicted octanol–water partition coefficient (Wildman–Crippen LogP) is 4.11. The van der Waals surface area contributed by atoms with Crippen LogP contribution in [-0.4, -0.2) is 20.6 Å². The van der Waals surface area contributed by atoms with Gasteiger partial charge in [0, 0.05) is 21.9 Å². The number of halogens is 2. The summed E-state index contributed by atoms with van der Waals surface area (Å²) in [6, 6.07) is 16.0. The van der Waals surface area contributed by atoms with Crippen LogP contribution in [0.5, 0.6) is 0 Å². The van der Waals surface area contributed by atoms with Crippen LogP contribution < -0.4 is 10.9 Å². The van der Waals surface area contributed by atoms with Crippen molar-refractivity contribution >= 4 is 27.5 Å². The summed E-state index contributed by atoms with van der Waals surface area (Å²) in [6.07, 6.45) is 1.48. The molecule has 0 bridgehead atoms. The summed E-state index contributed by atoms with van der Waals surface area (Å²) in [4.78, 5) is 29.3. The number of carbonyl (C=O) groups excluding carboxylic acids is 1. The van der Waals surface area contributed by atoms with Crippen LogP contribution in [0.3, 0.4) is 0 Å². The van der Waals surface area contributed by atoms with Crippen molar-refractivity contribution in [1.82, 2.24) is 14.7 Å². The number of aromatic nitrogens is 3. The van der Waals surface area contributed by atoms with Gasteiger partial charge in [-0.2, -0.15) is 4.98 Å². The van der Waals surface area contributed by atoms with Crippen molar-refractivity contribution < 1.29 is 13.7 Å². The van der Waals surface area contributed by atoms with Crippen molar-refractivity contribution in [2.24, 2.45) is 0 Å². The maximum absolute atomic E-state index is 13.3. The van der Waals surface area contributed by atoms with Crippen molar-refractivity contribution in [1.29, 1.82) is 0 Å². The van der Waals surface area contributed by atoms with Gasteiger partial charge in [-0.1, -0.05) is 27.2 Å². The highest BCUT2D eigenvalue weighted by Crippen LogP contribution is 2.22. The van der Waals surface area contributed by atoms with E-state index < -0.39 is 17.3 Å². The van der Waals surface area contributed by atoms with Gasteiger partial charge in [0.2, 0.25) is 11.7 Å². The van der Waals surface area contributed by atoms with E-state index >= 15 is 0 Å². The Morgan fingerprint density at radius 2 is 1.93 bits per heavy atom. The fourth-order valence-electron chi connectivity index (χ4n) is 2.79. The van der Waals surface area contributed by atoms with Gasteiger partial charge in [0.1, 0.15) is 17.9 Å². The SMILES string of the molecule is O=C(Cn1cccc(-c2nc(-c3ccc(Br)cc3)no2)c1=O)Nc1cccc(F)c1. The second-order valence-electron chi connectivity index (χ2n) is 6.34. The molecule has 0 atom stereocenters. The third kappa shape index (κ3) is 4.36. The molecule has 9 heteroatoms. The van der Waals surface area contributed by atoms with Gasteiger partial charge >= 0.3 is 0 Å². The summed E-state index contributed by atoms with van der Waals surface area (Å²) in [5.41, 5.74) is 0.754. The van der Waals surface area contributed by atoms with E-state index in [0.29, 0.717) is 11.5 Å². The summed E-state index contributed by atoms with van der Waals surface area (Å²) in [5, 5.41) is 6.48. The fourth-order valence-corrected chi connectivity index (χ4v) is 3.06. The second-order valence-corrected chi connectivity index (χ2v) is 7.26. The minimum Gasteiger partial charge on any atom is -0.333 e. The van der Waals surface area contributed by atoms with Gasteiger partial charge in [0.15, 0.2) is 0 Å². The van der Waals surface area contributed by atoms with Crippen molar-refractivity contribution in [2.45, 2.75) is 6.54 Å². The normalized spacial score (nSPS) is 10.7. The minimum atomic E-state index is -0.471. The number of pyridine rings is 1. The number of hydrogen-bond acceptors (Lipinski definition) is 5. The molecule has 4 rings (SSSR count). The lowest BCUT2D eigenvalue weighted by molar-refractivity contribution is -0.116. The molecule has 150 valence electrons. The Hall–Kier alpha value is -3.59. The molecule has 0 aliphatic carbocycles. The number of benzene rings is 2. The molecule has 0 saturated carbocycles. The molecule has 0 fully saturated rings. The topological polar surface area (TPSA) is 90.0 Å². The maximum Gasteiger partial charge on any atom is 0.263 e.